The van der Waals surface area contributed by atoms with Gasteiger partial charge in [0.25, 0.3) is 0 Å². The maximum Gasteiger partial charge on any atom is 0.192 e. The van der Waals surface area contributed by atoms with Crippen LogP contribution in [-0.2, 0) is 6.54 Å². The van der Waals surface area contributed by atoms with Crippen LogP contribution in [0, 0.1) is 6.92 Å². The fraction of sp³-hybridized carbons (Fsp3) is 0.235. The van der Waals surface area contributed by atoms with Gasteiger partial charge in [0.05, 0.1) is 12.6 Å². The molecule has 2 aromatic carbocycles. The summed E-state index contributed by atoms with van der Waals surface area (Å²) in [6.07, 6.45) is 0. The molecule has 0 spiro atoms. The third-order valence-corrected chi connectivity index (χ3v) is 4.73. The fourth-order valence-electron chi connectivity index (χ4n) is 2.60. The van der Waals surface area contributed by atoms with Crippen molar-refractivity contribution in [2.75, 3.05) is 6.54 Å². The molecule has 1 unspecified atom stereocenters. The highest BCUT2D eigenvalue weighted by Crippen LogP contribution is 2.30. The predicted octanol–water partition coefficient (Wildman–Crippen LogP) is 3.63. The van der Waals surface area contributed by atoms with Crippen molar-refractivity contribution in [2.45, 2.75) is 19.5 Å². The van der Waals surface area contributed by atoms with E-state index in [1.54, 1.807) is 0 Å². The van der Waals surface area contributed by atoms with E-state index < -0.39 is 0 Å². The van der Waals surface area contributed by atoms with Gasteiger partial charge in [0.1, 0.15) is 0 Å². The van der Waals surface area contributed by atoms with E-state index in [2.05, 4.69) is 75.2 Å². The zero-order chi connectivity index (χ0) is 14.8. The summed E-state index contributed by atoms with van der Waals surface area (Å²) in [5.41, 5.74) is 9.81. The Kier molecular flexibility index (Phi) is 3.97. The Morgan fingerprint density at radius 2 is 2.00 bits per heavy atom. The van der Waals surface area contributed by atoms with E-state index in [-0.39, 0.29) is 6.04 Å². The van der Waals surface area contributed by atoms with E-state index in [4.69, 9.17) is 5.73 Å². The van der Waals surface area contributed by atoms with Gasteiger partial charge in [0.15, 0.2) is 5.96 Å². The van der Waals surface area contributed by atoms with E-state index in [9.17, 15) is 0 Å². The quantitative estimate of drug-likeness (QED) is 0.924. The van der Waals surface area contributed by atoms with Crippen LogP contribution in [0.5, 0.6) is 0 Å². The van der Waals surface area contributed by atoms with Gasteiger partial charge in [0.2, 0.25) is 0 Å². The van der Waals surface area contributed by atoms with Crippen molar-refractivity contribution in [3.05, 3.63) is 69.7 Å². The number of guanidine groups is 1. The van der Waals surface area contributed by atoms with Crippen LogP contribution in [-0.4, -0.2) is 17.4 Å². The van der Waals surface area contributed by atoms with Crippen molar-refractivity contribution >= 4 is 21.9 Å². The Morgan fingerprint density at radius 3 is 2.71 bits per heavy atom. The molecule has 3 nitrogen and oxygen atoms in total. The highest BCUT2D eigenvalue weighted by Gasteiger charge is 2.27. The number of hydrogen-bond donors (Lipinski definition) is 1. The summed E-state index contributed by atoms with van der Waals surface area (Å²) in [4.78, 5) is 6.60. The van der Waals surface area contributed by atoms with Crippen LogP contribution in [0.4, 0.5) is 0 Å². The zero-order valence-electron chi connectivity index (χ0n) is 12.0. The molecule has 2 N–H and O–H groups in total. The van der Waals surface area contributed by atoms with Crippen molar-refractivity contribution < 1.29 is 0 Å². The molecule has 0 amide bonds. The molecule has 1 atom stereocenters. The van der Waals surface area contributed by atoms with Crippen LogP contribution >= 0.6 is 15.9 Å². The van der Waals surface area contributed by atoms with Crippen molar-refractivity contribution in [3.8, 4) is 0 Å². The van der Waals surface area contributed by atoms with Crippen LogP contribution in [0.25, 0.3) is 0 Å². The van der Waals surface area contributed by atoms with Crippen LogP contribution in [0.1, 0.15) is 22.7 Å². The van der Waals surface area contributed by atoms with E-state index in [0.29, 0.717) is 12.5 Å². The lowest BCUT2D eigenvalue weighted by Crippen LogP contribution is -2.35. The van der Waals surface area contributed by atoms with Gasteiger partial charge >= 0.3 is 0 Å². The summed E-state index contributed by atoms with van der Waals surface area (Å²) in [5, 5.41) is 0. The van der Waals surface area contributed by atoms with Crippen LogP contribution < -0.4 is 5.73 Å². The molecule has 21 heavy (non-hydrogen) atoms. The lowest BCUT2D eigenvalue weighted by molar-refractivity contribution is 0.340. The second kappa shape index (κ2) is 5.90. The molecular formula is C17H18BrN3. The largest absolute Gasteiger partial charge is 0.370 e. The van der Waals surface area contributed by atoms with Gasteiger partial charge in [-0.05, 0) is 29.7 Å². The maximum atomic E-state index is 6.09. The molecular weight excluding hydrogens is 326 g/mol. The SMILES string of the molecule is Cc1ccc(C2CN=C(N)N2Cc2ccccc2)cc1Br. The molecule has 1 heterocycles. The van der Waals surface area contributed by atoms with E-state index in [0.717, 1.165) is 11.0 Å². The Balaban J connectivity index is 1.86. The third kappa shape index (κ3) is 2.95. The number of hydrogen-bond acceptors (Lipinski definition) is 3. The molecule has 1 aliphatic rings. The standard InChI is InChI=1S/C17H18BrN3/c1-12-7-8-14(9-15(12)18)16-10-20-17(19)21(16)11-13-5-3-2-4-6-13/h2-9,16H,10-11H2,1H3,(H2,19,20). The average molecular weight is 344 g/mol. The van der Waals surface area contributed by atoms with Gasteiger partial charge < -0.3 is 10.6 Å². The highest BCUT2D eigenvalue weighted by molar-refractivity contribution is 9.10. The lowest BCUT2D eigenvalue weighted by Gasteiger charge is -2.27. The van der Waals surface area contributed by atoms with Crippen molar-refractivity contribution in [3.63, 3.8) is 0 Å². The van der Waals surface area contributed by atoms with E-state index >= 15 is 0 Å². The van der Waals surface area contributed by atoms with Gasteiger partial charge in [-0.1, -0.05) is 58.4 Å². The summed E-state index contributed by atoms with van der Waals surface area (Å²) in [6, 6.07) is 17.0. The minimum atomic E-state index is 0.210. The van der Waals surface area contributed by atoms with E-state index in [1.807, 2.05) is 6.07 Å². The predicted molar refractivity (Wildman–Crippen MR) is 90.1 cm³/mol. The molecule has 4 heteroatoms. The van der Waals surface area contributed by atoms with Gasteiger partial charge in [-0.2, -0.15) is 0 Å². The normalized spacial score (nSPS) is 17.9. The molecule has 0 bridgehead atoms. The minimum absolute atomic E-state index is 0.210. The fourth-order valence-corrected chi connectivity index (χ4v) is 3.00. The summed E-state index contributed by atoms with van der Waals surface area (Å²) in [7, 11) is 0. The number of rotatable bonds is 3. The lowest BCUT2D eigenvalue weighted by atomic mass is 10.0. The Morgan fingerprint density at radius 1 is 1.24 bits per heavy atom. The first-order valence-corrected chi connectivity index (χ1v) is 7.81. The van der Waals surface area contributed by atoms with Crippen molar-refractivity contribution in [2.24, 2.45) is 10.7 Å². The topological polar surface area (TPSA) is 41.6 Å². The van der Waals surface area contributed by atoms with Crippen LogP contribution in [0.2, 0.25) is 0 Å². The molecule has 0 saturated carbocycles. The molecule has 108 valence electrons. The Bertz CT molecular complexity index is 667. The van der Waals surface area contributed by atoms with Crippen LogP contribution in [0.3, 0.4) is 0 Å². The van der Waals surface area contributed by atoms with Crippen molar-refractivity contribution in [1.29, 1.82) is 0 Å². The molecule has 0 aromatic heterocycles. The minimum Gasteiger partial charge on any atom is -0.370 e. The Labute approximate surface area is 133 Å². The molecule has 1 aliphatic heterocycles. The number of aliphatic imine (C=N–C) groups is 1. The second-order valence-corrected chi connectivity index (χ2v) is 6.19. The molecule has 0 radical (unpaired) electrons. The monoisotopic (exact) mass is 343 g/mol. The van der Waals surface area contributed by atoms with Gasteiger partial charge in [0, 0.05) is 11.0 Å². The molecule has 0 aliphatic carbocycles. The number of halogens is 1. The number of benzene rings is 2. The smallest absolute Gasteiger partial charge is 0.192 e. The number of aryl methyl sites for hydroxylation is 1. The van der Waals surface area contributed by atoms with E-state index in [1.165, 1.54) is 16.7 Å². The average Bonchev–Trinajstić information content (AvgIpc) is 2.85. The first-order valence-electron chi connectivity index (χ1n) is 7.01. The maximum absolute atomic E-state index is 6.09. The first kappa shape index (κ1) is 14.1. The molecule has 0 saturated heterocycles. The van der Waals surface area contributed by atoms with Gasteiger partial charge in [-0.25, -0.2) is 0 Å². The second-order valence-electron chi connectivity index (χ2n) is 5.34. The Hall–Kier alpha value is -1.81. The molecule has 0 fully saturated rings. The number of nitrogens with zero attached hydrogens (tertiary/aromatic N) is 2. The summed E-state index contributed by atoms with van der Waals surface area (Å²) in [6.45, 7) is 3.59. The molecule has 3 rings (SSSR count). The summed E-state index contributed by atoms with van der Waals surface area (Å²) < 4.78 is 1.13. The number of nitrogens with two attached hydrogens (primary N) is 1. The summed E-state index contributed by atoms with van der Waals surface area (Å²) >= 11 is 3.61. The highest BCUT2D eigenvalue weighted by atomic mass is 79.9. The first-order chi connectivity index (χ1) is 10.1. The van der Waals surface area contributed by atoms with Gasteiger partial charge in [-0.3, -0.25) is 4.99 Å². The van der Waals surface area contributed by atoms with Crippen molar-refractivity contribution in [1.82, 2.24) is 4.90 Å². The van der Waals surface area contributed by atoms with Crippen LogP contribution in [0.15, 0.2) is 58.0 Å². The molecule has 2 aromatic rings. The summed E-state index contributed by atoms with van der Waals surface area (Å²) in [5.74, 6) is 0.626. The zero-order valence-corrected chi connectivity index (χ0v) is 13.5. The third-order valence-electron chi connectivity index (χ3n) is 3.87. The van der Waals surface area contributed by atoms with Gasteiger partial charge in [-0.15, -0.1) is 0 Å².